The third kappa shape index (κ3) is 5.93. The largest absolute Gasteiger partial charge is 0.494 e. The fraction of sp³-hybridized carbons (Fsp3) is 0.600. The molecule has 25 heavy (non-hydrogen) atoms. The van der Waals surface area contributed by atoms with Crippen LogP contribution in [-0.2, 0) is 4.79 Å². The van der Waals surface area contributed by atoms with Crippen molar-refractivity contribution in [2.24, 2.45) is 11.8 Å². The molecule has 1 aliphatic rings. The minimum atomic E-state index is -0.668. The van der Waals surface area contributed by atoms with Crippen molar-refractivity contribution in [3.63, 3.8) is 0 Å². The molecule has 1 saturated carbocycles. The van der Waals surface area contributed by atoms with Crippen molar-refractivity contribution in [2.75, 3.05) is 13.2 Å². The number of benzene rings is 1. The van der Waals surface area contributed by atoms with E-state index in [4.69, 9.17) is 16.3 Å². The zero-order chi connectivity index (χ0) is 18.2. The van der Waals surface area contributed by atoms with Crippen LogP contribution in [0.5, 0.6) is 5.75 Å². The van der Waals surface area contributed by atoms with Gasteiger partial charge in [-0.05, 0) is 55.9 Å². The van der Waals surface area contributed by atoms with E-state index < -0.39 is 5.92 Å². The molecule has 0 bridgehead atoms. The van der Waals surface area contributed by atoms with Gasteiger partial charge in [-0.25, -0.2) is 0 Å². The van der Waals surface area contributed by atoms with Crippen LogP contribution >= 0.6 is 11.6 Å². The number of rotatable bonds is 7. The summed E-state index contributed by atoms with van der Waals surface area (Å²) in [4.78, 5) is 12.2. The van der Waals surface area contributed by atoms with Crippen LogP contribution in [-0.4, -0.2) is 19.1 Å². The van der Waals surface area contributed by atoms with E-state index in [0.717, 1.165) is 21.9 Å². The van der Waals surface area contributed by atoms with Gasteiger partial charge in [0.15, 0.2) is 0 Å². The molecule has 1 atom stereocenters. The van der Waals surface area contributed by atoms with Gasteiger partial charge in [0, 0.05) is 18.0 Å². The number of carbonyl (C=O) groups excluding carboxylic acids is 1. The predicted molar refractivity (Wildman–Crippen MR) is 99.7 cm³/mol. The Hall–Kier alpha value is -1.73. The van der Waals surface area contributed by atoms with Gasteiger partial charge in [-0.3, -0.25) is 4.79 Å². The topological polar surface area (TPSA) is 62.1 Å². The summed E-state index contributed by atoms with van der Waals surface area (Å²) in [5, 5.41) is 13.0. The number of amides is 1. The number of ether oxygens (including phenoxy) is 1. The number of halogens is 1. The van der Waals surface area contributed by atoms with E-state index in [1.165, 1.54) is 32.1 Å². The Morgan fingerprint density at radius 3 is 2.56 bits per heavy atom. The molecule has 1 aromatic carbocycles. The predicted octanol–water partition coefficient (Wildman–Crippen LogP) is 4.56. The van der Waals surface area contributed by atoms with Crippen molar-refractivity contribution < 1.29 is 9.53 Å². The number of aryl methyl sites for hydroxylation is 2. The van der Waals surface area contributed by atoms with Gasteiger partial charge >= 0.3 is 0 Å². The van der Waals surface area contributed by atoms with Crippen LogP contribution in [0, 0.1) is 37.0 Å². The lowest BCUT2D eigenvalue weighted by atomic mass is 9.89. The third-order valence-electron chi connectivity index (χ3n) is 4.85. The number of nitrogens with zero attached hydrogens (tertiary/aromatic N) is 1. The van der Waals surface area contributed by atoms with Gasteiger partial charge in [0.05, 0.1) is 12.7 Å². The molecule has 0 saturated heterocycles. The van der Waals surface area contributed by atoms with Crippen molar-refractivity contribution >= 4 is 17.5 Å². The number of nitrogens with one attached hydrogen (secondary N) is 1. The molecular weight excluding hydrogens is 336 g/mol. The molecule has 2 rings (SSSR count). The lowest BCUT2D eigenvalue weighted by Gasteiger charge is -2.22. The van der Waals surface area contributed by atoms with Crippen LogP contribution in [0.1, 0.15) is 49.7 Å². The fourth-order valence-electron chi connectivity index (χ4n) is 3.30. The molecule has 1 N–H and O–H groups in total. The van der Waals surface area contributed by atoms with Gasteiger partial charge in [-0.2, -0.15) is 5.26 Å². The highest BCUT2D eigenvalue weighted by Gasteiger charge is 2.20. The molecule has 0 heterocycles. The highest BCUT2D eigenvalue weighted by Crippen LogP contribution is 2.26. The maximum Gasteiger partial charge on any atom is 0.237 e. The summed E-state index contributed by atoms with van der Waals surface area (Å²) in [6.45, 7) is 4.88. The summed E-state index contributed by atoms with van der Waals surface area (Å²) in [5.41, 5.74) is 1.91. The Morgan fingerprint density at radius 2 is 1.96 bits per heavy atom. The molecule has 1 amide bonds. The summed E-state index contributed by atoms with van der Waals surface area (Å²) in [6, 6.07) is 5.84. The molecule has 0 aliphatic heterocycles. The van der Waals surface area contributed by atoms with Crippen molar-refractivity contribution in [3.05, 3.63) is 28.3 Å². The molecule has 136 valence electrons. The van der Waals surface area contributed by atoms with Crippen molar-refractivity contribution in [1.82, 2.24) is 5.32 Å². The number of carbonyl (C=O) groups is 1. The molecule has 1 fully saturated rings. The van der Waals surface area contributed by atoms with E-state index in [9.17, 15) is 10.1 Å². The molecule has 0 radical (unpaired) electrons. The fourth-order valence-corrected chi connectivity index (χ4v) is 3.41. The highest BCUT2D eigenvalue weighted by atomic mass is 35.5. The normalized spacial score (nSPS) is 16.1. The second-order valence-electron chi connectivity index (χ2n) is 6.94. The van der Waals surface area contributed by atoms with Crippen LogP contribution in [0.4, 0.5) is 0 Å². The third-order valence-corrected chi connectivity index (χ3v) is 5.44. The van der Waals surface area contributed by atoms with E-state index in [0.29, 0.717) is 25.5 Å². The number of nitriles is 1. The number of hydrogen-bond acceptors (Lipinski definition) is 3. The molecular formula is C20H27ClN2O2. The van der Waals surface area contributed by atoms with Crippen LogP contribution in [0.25, 0.3) is 0 Å². The van der Waals surface area contributed by atoms with Gasteiger partial charge in [0.2, 0.25) is 5.91 Å². The number of hydrogen-bond donors (Lipinski definition) is 1. The van der Waals surface area contributed by atoms with Crippen molar-refractivity contribution in [3.8, 4) is 11.8 Å². The second kappa shape index (κ2) is 9.68. The summed E-state index contributed by atoms with van der Waals surface area (Å²) >= 11 is 6.15. The Morgan fingerprint density at radius 1 is 1.32 bits per heavy atom. The minimum absolute atomic E-state index is 0.180. The molecule has 1 unspecified atom stereocenters. The summed E-state index contributed by atoms with van der Waals surface area (Å²) < 4.78 is 5.71. The van der Waals surface area contributed by atoms with Gasteiger partial charge in [-0.1, -0.05) is 30.9 Å². The van der Waals surface area contributed by atoms with E-state index in [-0.39, 0.29) is 5.91 Å². The zero-order valence-electron chi connectivity index (χ0n) is 15.1. The van der Waals surface area contributed by atoms with E-state index in [1.54, 1.807) is 0 Å². The Balaban J connectivity index is 1.77. The molecule has 0 aromatic heterocycles. The summed E-state index contributed by atoms with van der Waals surface area (Å²) in [5.74, 6) is 0.435. The SMILES string of the molecule is Cc1cc(OCCC(C#N)C(=O)NCC2CCCCC2)cc(C)c1Cl. The first-order valence-electron chi connectivity index (χ1n) is 9.08. The highest BCUT2D eigenvalue weighted by molar-refractivity contribution is 6.32. The van der Waals surface area contributed by atoms with Gasteiger partial charge in [-0.15, -0.1) is 0 Å². The van der Waals surface area contributed by atoms with E-state index in [2.05, 4.69) is 11.4 Å². The first-order valence-corrected chi connectivity index (χ1v) is 9.46. The molecule has 4 nitrogen and oxygen atoms in total. The Kier molecular flexibility index (Phi) is 7.58. The van der Waals surface area contributed by atoms with Gasteiger partial charge in [0.1, 0.15) is 11.7 Å². The van der Waals surface area contributed by atoms with E-state index >= 15 is 0 Å². The van der Waals surface area contributed by atoms with Crippen LogP contribution in [0.3, 0.4) is 0 Å². The maximum atomic E-state index is 12.2. The quantitative estimate of drug-likeness (QED) is 0.773. The summed E-state index contributed by atoms with van der Waals surface area (Å²) in [7, 11) is 0. The van der Waals surface area contributed by atoms with Crippen LogP contribution in [0.2, 0.25) is 5.02 Å². The molecule has 1 aromatic rings. The maximum absolute atomic E-state index is 12.2. The molecule has 0 spiro atoms. The zero-order valence-corrected chi connectivity index (χ0v) is 15.9. The average Bonchev–Trinajstić information content (AvgIpc) is 2.62. The average molecular weight is 363 g/mol. The van der Waals surface area contributed by atoms with Crippen LogP contribution in [0.15, 0.2) is 12.1 Å². The first kappa shape index (κ1) is 19.6. The van der Waals surface area contributed by atoms with Crippen molar-refractivity contribution in [2.45, 2.75) is 52.4 Å². The lowest BCUT2D eigenvalue weighted by Crippen LogP contribution is -2.35. The van der Waals surface area contributed by atoms with Gasteiger partial charge in [0.25, 0.3) is 0 Å². The Labute approximate surface area is 155 Å². The van der Waals surface area contributed by atoms with E-state index in [1.807, 2.05) is 26.0 Å². The standard InChI is InChI=1S/C20H27ClN2O2/c1-14-10-18(11-15(2)19(14)21)25-9-8-17(12-22)20(24)23-13-16-6-4-3-5-7-16/h10-11,16-17H,3-9,13H2,1-2H3,(H,23,24). The minimum Gasteiger partial charge on any atom is -0.494 e. The Bertz CT molecular complexity index is 610. The van der Waals surface area contributed by atoms with Crippen LogP contribution < -0.4 is 10.1 Å². The molecule has 1 aliphatic carbocycles. The molecule has 5 heteroatoms. The smallest absolute Gasteiger partial charge is 0.237 e. The summed E-state index contributed by atoms with van der Waals surface area (Å²) in [6.07, 6.45) is 6.53. The van der Waals surface area contributed by atoms with Gasteiger partial charge < -0.3 is 10.1 Å². The van der Waals surface area contributed by atoms with Crippen molar-refractivity contribution in [1.29, 1.82) is 5.26 Å². The first-order chi connectivity index (χ1) is 12.0. The monoisotopic (exact) mass is 362 g/mol. The lowest BCUT2D eigenvalue weighted by molar-refractivity contribution is -0.123. The second-order valence-corrected chi connectivity index (χ2v) is 7.32.